The van der Waals surface area contributed by atoms with E-state index in [1.54, 1.807) is 0 Å². The summed E-state index contributed by atoms with van der Waals surface area (Å²) in [5.41, 5.74) is 0. The molecule has 2 aliphatic heterocycles. The number of hydrogen-bond acceptors (Lipinski definition) is 15. The van der Waals surface area contributed by atoms with Gasteiger partial charge in [-0.05, 0) is 70.6 Å². The second kappa shape index (κ2) is 41.6. The Bertz CT molecular complexity index is 1450. The maximum absolute atomic E-state index is 13.0. The number of esters is 2. The summed E-state index contributed by atoms with van der Waals surface area (Å²) in [6.07, 6.45) is 31.1. The Balaban J connectivity index is 1.83. The molecule has 0 spiro atoms. The van der Waals surface area contributed by atoms with Crippen LogP contribution in [0, 0.1) is 0 Å². The number of carbonyl (C=O) groups is 2. The van der Waals surface area contributed by atoms with Crippen molar-refractivity contribution in [3.8, 4) is 0 Å². The van der Waals surface area contributed by atoms with Crippen LogP contribution >= 0.6 is 0 Å². The molecule has 7 N–H and O–H groups in total. The van der Waals surface area contributed by atoms with Gasteiger partial charge in [0.1, 0.15) is 55.4 Å². The molecular formula is C55H94O15. The minimum atomic E-state index is -1.78. The first-order chi connectivity index (χ1) is 34.0. The molecule has 0 radical (unpaired) electrons. The van der Waals surface area contributed by atoms with E-state index in [9.17, 15) is 45.3 Å². The molecule has 0 amide bonds. The Labute approximate surface area is 420 Å². The molecule has 11 atom stereocenters. The normalized spacial score (nSPS) is 25.8. The third-order valence-corrected chi connectivity index (χ3v) is 12.5. The van der Waals surface area contributed by atoms with Crippen molar-refractivity contribution >= 4 is 11.9 Å². The monoisotopic (exact) mass is 995 g/mol. The zero-order valence-electron chi connectivity index (χ0n) is 42.7. The second-order valence-corrected chi connectivity index (χ2v) is 18.7. The van der Waals surface area contributed by atoms with Crippen LogP contribution in [0.25, 0.3) is 0 Å². The molecule has 70 heavy (non-hydrogen) atoms. The predicted octanol–water partition coefficient (Wildman–Crippen LogP) is 8.05. The van der Waals surface area contributed by atoms with Crippen molar-refractivity contribution in [2.24, 2.45) is 0 Å². The van der Waals surface area contributed by atoms with Crippen LogP contribution in [0.3, 0.4) is 0 Å². The number of carbonyl (C=O) groups excluding carboxylic acids is 2. The van der Waals surface area contributed by atoms with Crippen LogP contribution < -0.4 is 0 Å². The van der Waals surface area contributed by atoms with Gasteiger partial charge >= 0.3 is 11.9 Å². The Morgan fingerprint density at radius 3 is 1.44 bits per heavy atom. The maximum Gasteiger partial charge on any atom is 0.306 e. The summed E-state index contributed by atoms with van der Waals surface area (Å²) in [6, 6.07) is 0. The first-order valence-electron chi connectivity index (χ1n) is 26.9. The summed E-state index contributed by atoms with van der Waals surface area (Å²) in [7, 11) is 0. The molecule has 15 heteroatoms. The summed E-state index contributed by atoms with van der Waals surface area (Å²) in [4.78, 5) is 25.8. The lowest BCUT2D eigenvalue weighted by Gasteiger charge is -2.42. The van der Waals surface area contributed by atoms with E-state index in [0.29, 0.717) is 12.8 Å². The molecule has 404 valence electrons. The van der Waals surface area contributed by atoms with Gasteiger partial charge in [-0.25, -0.2) is 0 Å². The topological polar surface area (TPSA) is 231 Å². The van der Waals surface area contributed by atoms with Gasteiger partial charge in [-0.1, -0.05) is 158 Å². The Kier molecular flexibility index (Phi) is 37.7. The second-order valence-electron chi connectivity index (χ2n) is 18.7. The molecule has 2 fully saturated rings. The van der Waals surface area contributed by atoms with Crippen molar-refractivity contribution in [2.75, 3.05) is 26.4 Å². The summed E-state index contributed by atoms with van der Waals surface area (Å²) in [5.74, 6) is -1.02. The lowest BCUT2D eigenvalue weighted by Crippen LogP contribution is -2.61. The van der Waals surface area contributed by atoms with Gasteiger partial charge in [0, 0.05) is 12.8 Å². The van der Waals surface area contributed by atoms with Crippen molar-refractivity contribution in [3.63, 3.8) is 0 Å². The third kappa shape index (κ3) is 29.0. The fourth-order valence-corrected chi connectivity index (χ4v) is 8.04. The standard InChI is InChI=1S/C55H94O15/c1-3-5-7-9-11-13-15-17-19-20-21-22-24-26-28-30-32-34-36-38-47(58)68-43(40-65-46(57)37-35-33-31-29-27-25-23-18-16-14-12-10-8-6-4-2)41-66-54-53(64)51(62)49(60)45(70-54)42-67-55-52(63)50(61)48(59)44(39-56)69-55/h11,13,17,19,21-22,26,28,31,33,43-45,48-56,59-64H,3-10,12,14-16,18,20,23-25,27,29-30,32,34-42H2,1-2H3/b13-11+,19-17+,22-21+,28-26+,33-31+/t43-,44+,45+,48-,49-,50?,51?,52?,53?,54+,55+/m1/s1. The van der Waals surface area contributed by atoms with Gasteiger partial charge in [-0.2, -0.15) is 0 Å². The van der Waals surface area contributed by atoms with Crippen molar-refractivity contribution in [3.05, 3.63) is 60.8 Å². The maximum atomic E-state index is 13.0. The fraction of sp³-hybridized carbons (Fsp3) is 0.782. The van der Waals surface area contributed by atoms with Gasteiger partial charge in [0.05, 0.1) is 19.8 Å². The number of aliphatic hydroxyl groups is 7. The third-order valence-electron chi connectivity index (χ3n) is 12.5. The van der Waals surface area contributed by atoms with Crippen molar-refractivity contribution < 1.29 is 73.8 Å². The molecule has 0 aromatic carbocycles. The van der Waals surface area contributed by atoms with Gasteiger partial charge in [-0.15, -0.1) is 0 Å². The molecular weight excluding hydrogens is 901 g/mol. The lowest BCUT2D eigenvalue weighted by atomic mass is 9.98. The van der Waals surface area contributed by atoms with Gasteiger partial charge < -0.3 is 64.2 Å². The molecule has 4 unspecified atom stereocenters. The molecule has 0 bridgehead atoms. The highest BCUT2D eigenvalue weighted by atomic mass is 16.7. The van der Waals surface area contributed by atoms with Gasteiger partial charge in [0.25, 0.3) is 0 Å². The van der Waals surface area contributed by atoms with E-state index >= 15 is 0 Å². The number of allylic oxidation sites excluding steroid dienone is 10. The van der Waals surface area contributed by atoms with E-state index in [-0.39, 0.29) is 19.4 Å². The van der Waals surface area contributed by atoms with E-state index in [1.807, 2.05) is 6.08 Å². The van der Waals surface area contributed by atoms with Crippen LogP contribution in [0.15, 0.2) is 60.8 Å². The molecule has 0 saturated carbocycles. The lowest BCUT2D eigenvalue weighted by molar-refractivity contribution is -0.332. The van der Waals surface area contributed by atoms with Gasteiger partial charge in [0.15, 0.2) is 18.7 Å². The van der Waals surface area contributed by atoms with Crippen LogP contribution in [0.4, 0.5) is 0 Å². The van der Waals surface area contributed by atoms with Crippen molar-refractivity contribution in [1.29, 1.82) is 0 Å². The molecule has 0 aromatic heterocycles. The SMILES string of the molecule is CCCCC/C=C/C/C=C/C/C=C/C/C=C/CCCCCC(=O)O[C@H](COC(=O)CC/C=C/CCCCCCCCCCCCC)CO[C@H]1O[C@@H](CO[C@H]2O[C@@H](CO)[C@@H](O)C(O)C2O)[C@@H](O)C(O)C1O. The van der Waals surface area contributed by atoms with Crippen LogP contribution in [0.1, 0.15) is 181 Å². The summed E-state index contributed by atoms with van der Waals surface area (Å²) < 4.78 is 33.5. The molecule has 2 heterocycles. The highest BCUT2D eigenvalue weighted by Gasteiger charge is 2.47. The molecule has 15 nitrogen and oxygen atoms in total. The van der Waals surface area contributed by atoms with Crippen LogP contribution in [0.2, 0.25) is 0 Å². The molecule has 2 saturated heterocycles. The number of hydrogen-bond donors (Lipinski definition) is 7. The van der Waals surface area contributed by atoms with E-state index in [4.69, 9.17) is 28.4 Å². The first kappa shape index (κ1) is 63.3. The van der Waals surface area contributed by atoms with Crippen LogP contribution in [-0.2, 0) is 38.0 Å². The zero-order chi connectivity index (χ0) is 51.0. The van der Waals surface area contributed by atoms with Crippen LogP contribution in [-0.4, -0.2) is 142 Å². The fourth-order valence-electron chi connectivity index (χ4n) is 8.04. The van der Waals surface area contributed by atoms with Gasteiger partial charge in [-0.3, -0.25) is 9.59 Å². The summed E-state index contributed by atoms with van der Waals surface area (Å²) in [6.45, 7) is 2.49. The minimum absolute atomic E-state index is 0.119. The molecule has 2 aliphatic rings. The Morgan fingerprint density at radius 1 is 0.457 bits per heavy atom. The quantitative estimate of drug-likeness (QED) is 0.0175. The van der Waals surface area contributed by atoms with E-state index in [0.717, 1.165) is 57.8 Å². The average molecular weight is 995 g/mol. The van der Waals surface area contributed by atoms with E-state index in [2.05, 4.69) is 68.5 Å². The number of unbranched alkanes of at least 4 members (excludes halogenated alkanes) is 17. The Morgan fingerprint density at radius 2 is 0.886 bits per heavy atom. The minimum Gasteiger partial charge on any atom is -0.462 e. The first-order valence-corrected chi connectivity index (χ1v) is 26.9. The number of aliphatic hydroxyl groups excluding tert-OH is 7. The Hall–Kier alpha value is -2.80. The summed E-state index contributed by atoms with van der Waals surface area (Å²) in [5, 5.41) is 72.1. The van der Waals surface area contributed by atoms with Crippen molar-refractivity contribution in [2.45, 2.75) is 248 Å². The molecule has 0 aliphatic carbocycles. The average Bonchev–Trinajstić information content (AvgIpc) is 3.35. The summed E-state index contributed by atoms with van der Waals surface area (Å²) >= 11 is 0. The highest BCUT2D eigenvalue weighted by Crippen LogP contribution is 2.26. The number of rotatable bonds is 41. The van der Waals surface area contributed by atoms with E-state index in [1.165, 1.54) is 83.5 Å². The van der Waals surface area contributed by atoms with Crippen LogP contribution in [0.5, 0.6) is 0 Å². The largest absolute Gasteiger partial charge is 0.462 e. The number of ether oxygens (including phenoxy) is 6. The zero-order valence-corrected chi connectivity index (χ0v) is 42.7. The van der Waals surface area contributed by atoms with Gasteiger partial charge in [0.2, 0.25) is 0 Å². The predicted molar refractivity (Wildman–Crippen MR) is 270 cm³/mol. The van der Waals surface area contributed by atoms with E-state index < -0.39 is 99.3 Å². The van der Waals surface area contributed by atoms with Crippen molar-refractivity contribution in [1.82, 2.24) is 0 Å². The molecule has 0 aromatic rings. The smallest absolute Gasteiger partial charge is 0.306 e. The highest BCUT2D eigenvalue weighted by molar-refractivity contribution is 5.70. The molecule has 2 rings (SSSR count).